The number of methoxy groups -OCH3 is 1. The zero-order valence-corrected chi connectivity index (χ0v) is 11.2. The minimum atomic E-state index is -3.69. The van der Waals surface area contributed by atoms with Gasteiger partial charge in [0.05, 0.1) is 19.8 Å². The smallest absolute Gasteiger partial charge is 0.285 e. The molecule has 0 heterocycles. The first kappa shape index (κ1) is 14.5. The van der Waals surface area contributed by atoms with E-state index in [0.717, 1.165) is 11.8 Å². The number of carbonyl (C=O) groups excluding carboxylic acids is 1. The first-order valence-corrected chi connectivity index (χ1v) is 6.92. The molecule has 0 saturated carbocycles. The number of ether oxygens (including phenoxy) is 1. The van der Waals surface area contributed by atoms with Crippen LogP contribution in [-0.4, -0.2) is 39.8 Å². The van der Waals surface area contributed by atoms with Crippen molar-refractivity contribution in [1.82, 2.24) is 5.06 Å². The quantitative estimate of drug-likeness (QED) is 0.734. The molecule has 1 aromatic rings. The largest absolute Gasteiger partial charge is 0.497 e. The topological polar surface area (TPSA) is 72.9 Å². The van der Waals surface area contributed by atoms with Crippen molar-refractivity contribution in [3.8, 4) is 5.75 Å². The van der Waals surface area contributed by atoms with Crippen molar-refractivity contribution < 1.29 is 22.2 Å². The lowest BCUT2D eigenvalue weighted by atomic mass is 10.1. The summed E-state index contributed by atoms with van der Waals surface area (Å²) in [6.45, 7) is 0. The van der Waals surface area contributed by atoms with Gasteiger partial charge >= 0.3 is 0 Å². The molecule has 6 nitrogen and oxygen atoms in total. The van der Waals surface area contributed by atoms with Crippen LogP contribution < -0.4 is 4.74 Å². The molecular weight excluding hydrogens is 258 g/mol. The van der Waals surface area contributed by atoms with Gasteiger partial charge < -0.3 is 4.74 Å². The van der Waals surface area contributed by atoms with E-state index in [4.69, 9.17) is 4.74 Å². The molecule has 0 radical (unpaired) electrons. The lowest BCUT2D eigenvalue weighted by molar-refractivity contribution is -0.150. The maximum absolute atomic E-state index is 11.6. The van der Waals surface area contributed by atoms with Crippen molar-refractivity contribution >= 4 is 16.0 Å². The van der Waals surface area contributed by atoms with Gasteiger partial charge in [-0.25, -0.2) is 5.06 Å². The molecule has 0 unspecified atom stereocenters. The van der Waals surface area contributed by atoms with Gasteiger partial charge in [0.15, 0.2) is 0 Å². The van der Waals surface area contributed by atoms with Crippen LogP contribution in [0.15, 0.2) is 24.3 Å². The number of hydrogen-bond donors (Lipinski definition) is 0. The Morgan fingerprint density at radius 3 is 2.28 bits per heavy atom. The first-order valence-electron chi connectivity index (χ1n) is 5.11. The second-order valence-corrected chi connectivity index (χ2v) is 5.25. The van der Waals surface area contributed by atoms with Crippen LogP contribution in [0.4, 0.5) is 0 Å². The Morgan fingerprint density at radius 1 is 1.28 bits per heavy atom. The Balaban J connectivity index is 2.63. The second-order valence-electron chi connectivity index (χ2n) is 3.69. The van der Waals surface area contributed by atoms with Crippen LogP contribution in [0.25, 0.3) is 0 Å². The highest BCUT2D eigenvalue weighted by Gasteiger charge is 2.15. The van der Waals surface area contributed by atoms with Gasteiger partial charge in [-0.05, 0) is 17.7 Å². The number of nitrogens with zero attached hydrogens (tertiary/aromatic N) is 1. The van der Waals surface area contributed by atoms with Crippen molar-refractivity contribution in [2.45, 2.75) is 6.42 Å². The third kappa shape index (κ3) is 4.72. The Morgan fingerprint density at radius 2 is 1.83 bits per heavy atom. The number of hydrogen-bond acceptors (Lipinski definition) is 5. The van der Waals surface area contributed by atoms with E-state index in [1.54, 1.807) is 31.4 Å². The van der Waals surface area contributed by atoms with Crippen LogP contribution in [0, 0.1) is 0 Å². The molecule has 1 amide bonds. The summed E-state index contributed by atoms with van der Waals surface area (Å²) in [5.74, 6) is 0.234. The fourth-order valence-electron chi connectivity index (χ4n) is 1.27. The van der Waals surface area contributed by atoms with Gasteiger partial charge in [0.1, 0.15) is 5.75 Å². The zero-order valence-electron chi connectivity index (χ0n) is 10.4. The second kappa shape index (κ2) is 5.83. The molecule has 0 N–H and O–H groups in total. The summed E-state index contributed by atoms with van der Waals surface area (Å²) < 4.78 is 31.1. The van der Waals surface area contributed by atoms with E-state index in [1.165, 1.54) is 7.05 Å². The molecule has 0 atom stereocenters. The van der Waals surface area contributed by atoms with Crippen molar-refractivity contribution in [1.29, 1.82) is 0 Å². The lowest BCUT2D eigenvalue weighted by Crippen LogP contribution is -2.30. The highest BCUT2D eigenvalue weighted by atomic mass is 32.2. The van der Waals surface area contributed by atoms with Gasteiger partial charge in [0.25, 0.3) is 16.0 Å². The van der Waals surface area contributed by atoms with Gasteiger partial charge in [-0.2, -0.15) is 8.42 Å². The molecule has 100 valence electrons. The summed E-state index contributed by atoms with van der Waals surface area (Å²) in [6.07, 6.45) is 0.931. The van der Waals surface area contributed by atoms with Crippen molar-refractivity contribution in [2.75, 3.05) is 20.4 Å². The highest BCUT2D eigenvalue weighted by Crippen LogP contribution is 2.12. The zero-order chi connectivity index (χ0) is 13.8. The number of likely N-dealkylation sites (N-methyl/N-ethyl adjacent to an activating group) is 1. The van der Waals surface area contributed by atoms with E-state index in [0.29, 0.717) is 10.8 Å². The van der Waals surface area contributed by atoms with Crippen LogP contribution in [0.2, 0.25) is 0 Å². The van der Waals surface area contributed by atoms with Gasteiger partial charge in [0.2, 0.25) is 0 Å². The number of hydroxylamine groups is 2. The summed E-state index contributed by atoms with van der Waals surface area (Å²) >= 11 is 0. The minimum Gasteiger partial charge on any atom is -0.497 e. The monoisotopic (exact) mass is 273 g/mol. The Bertz CT molecular complexity index is 509. The minimum absolute atomic E-state index is 0.0516. The molecule has 7 heteroatoms. The van der Waals surface area contributed by atoms with Crippen molar-refractivity contribution in [3.05, 3.63) is 29.8 Å². The van der Waals surface area contributed by atoms with E-state index >= 15 is 0 Å². The average molecular weight is 273 g/mol. The third-order valence-electron chi connectivity index (χ3n) is 2.11. The summed E-state index contributed by atoms with van der Waals surface area (Å²) in [5, 5.41) is 0.708. The van der Waals surface area contributed by atoms with Crippen molar-refractivity contribution in [2.24, 2.45) is 0 Å². The molecule has 0 bridgehead atoms. The van der Waals surface area contributed by atoms with Gasteiger partial charge in [-0.3, -0.25) is 4.79 Å². The highest BCUT2D eigenvalue weighted by molar-refractivity contribution is 7.85. The molecule has 0 spiro atoms. The standard InChI is InChI=1S/C11H15NO5S/c1-12(17-18(3,14)15)11(13)8-9-4-6-10(16-2)7-5-9/h4-7H,8H2,1-3H3. The number of carbonyl (C=O) groups is 1. The fraction of sp³-hybridized carbons (Fsp3) is 0.364. The van der Waals surface area contributed by atoms with Crippen LogP contribution in [0.1, 0.15) is 5.56 Å². The van der Waals surface area contributed by atoms with Crippen LogP contribution >= 0.6 is 0 Å². The summed E-state index contributed by atoms with van der Waals surface area (Å²) in [6, 6.07) is 6.90. The van der Waals surface area contributed by atoms with E-state index in [9.17, 15) is 13.2 Å². The van der Waals surface area contributed by atoms with Crippen LogP contribution in [-0.2, 0) is 25.6 Å². The van der Waals surface area contributed by atoms with E-state index < -0.39 is 16.0 Å². The molecule has 0 saturated heterocycles. The lowest BCUT2D eigenvalue weighted by Gasteiger charge is -2.14. The maximum Gasteiger partial charge on any atom is 0.285 e. The molecule has 0 aromatic heterocycles. The molecule has 1 aromatic carbocycles. The number of benzene rings is 1. The fourth-order valence-corrected chi connectivity index (χ4v) is 1.76. The molecule has 0 fully saturated rings. The molecule has 0 aliphatic heterocycles. The van der Waals surface area contributed by atoms with Gasteiger partial charge in [-0.15, -0.1) is 4.28 Å². The summed E-state index contributed by atoms with van der Waals surface area (Å²) in [4.78, 5) is 11.6. The maximum atomic E-state index is 11.6. The van der Waals surface area contributed by atoms with Crippen LogP contribution in [0.5, 0.6) is 5.75 Å². The average Bonchev–Trinajstić information content (AvgIpc) is 2.27. The van der Waals surface area contributed by atoms with Crippen molar-refractivity contribution in [3.63, 3.8) is 0 Å². The first-order chi connectivity index (χ1) is 8.31. The van der Waals surface area contributed by atoms with Gasteiger partial charge in [0, 0.05) is 7.05 Å². The Hall–Kier alpha value is -1.60. The van der Waals surface area contributed by atoms with Crippen LogP contribution in [0.3, 0.4) is 0 Å². The summed E-state index contributed by atoms with van der Waals surface area (Å²) in [5.41, 5.74) is 0.741. The molecule has 0 aliphatic carbocycles. The Labute approximate surface area is 106 Å². The number of rotatable bonds is 5. The molecular formula is C11H15NO5S. The predicted octanol–water partition coefficient (Wildman–Crippen LogP) is 0.587. The third-order valence-corrected chi connectivity index (χ3v) is 2.61. The Kier molecular flexibility index (Phi) is 4.69. The summed E-state index contributed by atoms with van der Waals surface area (Å²) in [7, 11) is -0.880. The number of amides is 1. The normalized spacial score (nSPS) is 11.1. The predicted molar refractivity (Wildman–Crippen MR) is 65.4 cm³/mol. The van der Waals surface area contributed by atoms with E-state index in [2.05, 4.69) is 4.28 Å². The molecule has 0 aliphatic rings. The van der Waals surface area contributed by atoms with Gasteiger partial charge in [-0.1, -0.05) is 12.1 Å². The van der Waals surface area contributed by atoms with E-state index in [1.807, 2.05) is 0 Å². The molecule has 1 rings (SSSR count). The molecule has 18 heavy (non-hydrogen) atoms. The van der Waals surface area contributed by atoms with E-state index in [-0.39, 0.29) is 6.42 Å². The SMILES string of the molecule is COc1ccc(CC(=O)N(C)OS(C)(=O)=O)cc1.